The number of fused-ring (bicyclic) bond motifs is 1. The van der Waals surface area contributed by atoms with Crippen molar-refractivity contribution in [3.8, 4) is 6.01 Å². The average Bonchev–Trinajstić information content (AvgIpc) is 3.22. The molecule has 1 amide bonds. The van der Waals surface area contributed by atoms with Gasteiger partial charge in [0.1, 0.15) is 5.82 Å². The van der Waals surface area contributed by atoms with Crippen LogP contribution in [0.25, 0.3) is 5.65 Å². The highest BCUT2D eigenvalue weighted by atomic mass is 16.5. The van der Waals surface area contributed by atoms with E-state index in [1.807, 2.05) is 6.20 Å². The lowest BCUT2D eigenvalue weighted by atomic mass is 10.1. The van der Waals surface area contributed by atoms with Gasteiger partial charge in [0, 0.05) is 38.8 Å². The molecule has 0 unspecified atom stereocenters. The van der Waals surface area contributed by atoms with Crippen molar-refractivity contribution < 1.29 is 9.53 Å². The quantitative estimate of drug-likeness (QED) is 0.473. The second-order valence-electron chi connectivity index (χ2n) is 8.20. The molecule has 11 heteroatoms. The van der Waals surface area contributed by atoms with Crippen LogP contribution in [0.5, 0.6) is 6.01 Å². The molecule has 0 aromatic carbocycles. The van der Waals surface area contributed by atoms with Gasteiger partial charge in [-0.05, 0) is 24.5 Å². The summed E-state index contributed by atoms with van der Waals surface area (Å²) in [6.07, 6.45) is 6.18. The molecule has 4 rings (SSSR count). The molecule has 0 bridgehead atoms. The summed E-state index contributed by atoms with van der Waals surface area (Å²) in [6, 6.07) is 2.38. The normalized spacial score (nSPS) is 14.2. The molecule has 0 saturated carbocycles. The molecule has 1 fully saturated rings. The van der Waals surface area contributed by atoms with E-state index in [1.54, 1.807) is 15.6 Å². The Balaban J connectivity index is 1.48. The summed E-state index contributed by atoms with van der Waals surface area (Å²) in [5, 5.41) is 4.48. The maximum absolute atomic E-state index is 11.8. The second kappa shape index (κ2) is 9.99. The number of anilines is 2. The first-order valence-corrected chi connectivity index (χ1v) is 11.3. The van der Waals surface area contributed by atoms with Crippen molar-refractivity contribution in [2.24, 2.45) is 5.73 Å². The van der Waals surface area contributed by atoms with E-state index in [-0.39, 0.29) is 18.5 Å². The number of nitrogen functional groups attached to an aromatic ring is 1. The first kappa shape index (κ1) is 22.7. The predicted molar refractivity (Wildman–Crippen MR) is 125 cm³/mol. The van der Waals surface area contributed by atoms with Crippen LogP contribution < -0.4 is 21.1 Å². The Bertz CT molecular complexity index is 1120. The largest absolute Gasteiger partial charge is 0.462 e. The number of aryl methyl sites for hydroxylation is 1. The number of piperazine rings is 1. The van der Waals surface area contributed by atoms with E-state index in [0.717, 1.165) is 48.6 Å². The van der Waals surface area contributed by atoms with E-state index in [4.69, 9.17) is 21.2 Å². The second-order valence-corrected chi connectivity index (χ2v) is 8.20. The van der Waals surface area contributed by atoms with Gasteiger partial charge >= 0.3 is 6.01 Å². The van der Waals surface area contributed by atoms with Crippen molar-refractivity contribution in [3.63, 3.8) is 0 Å². The summed E-state index contributed by atoms with van der Waals surface area (Å²) >= 11 is 0. The Labute approximate surface area is 192 Å². The number of pyridine rings is 1. The first-order valence-electron chi connectivity index (χ1n) is 11.3. The van der Waals surface area contributed by atoms with E-state index in [2.05, 4.69) is 39.9 Å². The monoisotopic (exact) mass is 453 g/mol. The third-order valence-electron chi connectivity index (χ3n) is 5.77. The lowest BCUT2D eigenvalue weighted by Gasteiger charge is -2.36. The van der Waals surface area contributed by atoms with Gasteiger partial charge in [0.2, 0.25) is 5.91 Å². The van der Waals surface area contributed by atoms with Crippen LogP contribution in [0.4, 0.5) is 11.6 Å². The number of ether oxygens (including phenoxy) is 1. The Morgan fingerprint density at radius 2 is 1.97 bits per heavy atom. The summed E-state index contributed by atoms with van der Waals surface area (Å²) in [4.78, 5) is 29.1. The van der Waals surface area contributed by atoms with E-state index in [0.29, 0.717) is 37.6 Å². The Morgan fingerprint density at radius 3 is 2.67 bits per heavy atom. The molecule has 1 aliphatic rings. The van der Waals surface area contributed by atoms with Crippen molar-refractivity contribution >= 4 is 23.2 Å². The minimum absolute atomic E-state index is 0.00826. The minimum Gasteiger partial charge on any atom is -0.462 e. The molecule has 3 aromatic rings. The van der Waals surface area contributed by atoms with Crippen molar-refractivity contribution in [2.45, 2.75) is 33.1 Å². The summed E-state index contributed by atoms with van der Waals surface area (Å²) in [7, 11) is 0. The molecular formula is C22H31N9O2. The van der Waals surface area contributed by atoms with Crippen molar-refractivity contribution in [3.05, 3.63) is 35.3 Å². The molecule has 3 aromatic heterocycles. The molecule has 176 valence electrons. The van der Waals surface area contributed by atoms with E-state index in [9.17, 15) is 4.79 Å². The number of hydrogen-bond acceptors (Lipinski definition) is 9. The number of carbonyl (C=O) groups is 1. The number of unbranched alkanes of at least 4 members (excludes halogenated alkanes) is 1. The number of nitrogens with two attached hydrogens (primary N) is 2. The number of amides is 1. The van der Waals surface area contributed by atoms with Gasteiger partial charge in [-0.2, -0.15) is 4.98 Å². The molecule has 4 heterocycles. The first-order chi connectivity index (χ1) is 16.0. The average molecular weight is 454 g/mol. The fourth-order valence-electron chi connectivity index (χ4n) is 3.98. The van der Waals surface area contributed by atoms with Crippen LogP contribution in [0, 0.1) is 6.92 Å². The number of hydrogen-bond donors (Lipinski definition) is 2. The molecule has 1 saturated heterocycles. The number of rotatable bonds is 8. The minimum atomic E-state index is -0.00826. The van der Waals surface area contributed by atoms with E-state index in [1.165, 1.54) is 0 Å². The number of aromatic nitrogens is 5. The standard InChI is InChI=1S/C22H31N9O2/c1-3-4-9-33-22-27-19(24)21-26-14-17(31(21)28-22)11-16-10-15(2)20(25-13-16)30-7-5-29(6-8-30)18(32)12-23/h10,13-14H,3-9,11-12,23H2,1-2H3,(H2,24,27,28). The van der Waals surface area contributed by atoms with E-state index >= 15 is 0 Å². The third-order valence-corrected chi connectivity index (χ3v) is 5.77. The van der Waals surface area contributed by atoms with Crippen LogP contribution in [-0.2, 0) is 11.2 Å². The van der Waals surface area contributed by atoms with Crippen molar-refractivity contribution in [1.29, 1.82) is 0 Å². The van der Waals surface area contributed by atoms with Crippen LogP contribution in [0.15, 0.2) is 18.5 Å². The highest BCUT2D eigenvalue weighted by Crippen LogP contribution is 2.22. The van der Waals surface area contributed by atoms with E-state index < -0.39 is 0 Å². The topological polar surface area (TPSA) is 141 Å². The molecule has 0 aliphatic carbocycles. The van der Waals surface area contributed by atoms with Gasteiger partial charge in [0.15, 0.2) is 11.5 Å². The fourth-order valence-corrected chi connectivity index (χ4v) is 3.98. The molecular weight excluding hydrogens is 422 g/mol. The van der Waals surface area contributed by atoms with Crippen molar-refractivity contribution in [1.82, 2.24) is 29.5 Å². The maximum atomic E-state index is 11.8. The van der Waals surface area contributed by atoms with Crippen LogP contribution in [0.2, 0.25) is 0 Å². The van der Waals surface area contributed by atoms with Gasteiger partial charge in [-0.15, -0.1) is 5.10 Å². The summed E-state index contributed by atoms with van der Waals surface area (Å²) in [5.41, 5.74) is 15.1. The van der Waals surface area contributed by atoms with Gasteiger partial charge in [-0.25, -0.2) is 14.5 Å². The third kappa shape index (κ3) is 4.98. The molecule has 4 N–H and O–H groups in total. The zero-order valence-electron chi connectivity index (χ0n) is 19.2. The van der Waals surface area contributed by atoms with Crippen LogP contribution in [-0.4, -0.2) is 74.7 Å². The SMILES string of the molecule is CCCCOc1nc(N)c2ncc(Cc3cnc(N4CCN(C(=O)CN)CC4)c(C)c3)n2n1. The predicted octanol–water partition coefficient (Wildman–Crippen LogP) is 0.787. The van der Waals surface area contributed by atoms with Crippen molar-refractivity contribution in [2.75, 3.05) is 50.0 Å². The molecule has 0 atom stereocenters. The summed E-state index contributed by atoms with van der Waals surface area (Å²) < 4.78 is 7.34. The summed E-state index contributed by atoms with van der Waals surface area (Å²) in [5.74, 6) is 1.22. The number of imidazole rings is 1. The van der Waals surface area contributed by atoms with Gasteiger partial charge in [-0.3, -0.25) is 4.79 Å². The van der Waals surface area contributed by atoms with Gasteiger partial charge in [0.05, 0.1) is 25.0 Å². The number of nitrogens with zero attached hydrogens (tertiary/aromatic N) is 7. The van der Waals surface area contributed by atoms with Crippen LogP contribution in [0.1, 0.15) is 36.6 Å². The smallest absolute Gasteiger partial charge is 0.336 e. The highest BCUT2D eigenvalue weighted by molar-refractivity contribution is 5.78. The van der Waals surface area contributed by atoms with Gasteiger partial charge < -0.3 is 26.0 Å². The number of carbonyl (C=O) groups excluding carboxylic acids is 1. The zero-order chi connectivity index (χ0) is 23.4. The molecule has 0 spiro atoms. The fraction of sp³-hybridized carbons (Fsp3) is 0.500. The molecule has 11 nitrogen and oxygen atoms in total. The Morgan fingerprint density at radius 1 is 1.18 bits per heavy atom. The molecule has 0 radical (unpaired) electrons. The van der Waals surface area contributed by atoms with Gasteiger partial charge in [0.25, 0.3) is 0 Å². The Kier molecular flexibility index (Phi) is 6.87. The molecule has 1 aliphatic heterocycles. The van der Waals surface area contributed by atoms with Crippen LogP contribution in [0.3, 0.4) is 0 Å². The maximum Gasteiger partial charge on any atom is 0.336 e. The van der Waals surface area contributed by atoms with Crippen LogP contribution >= 0.6 is 0 Å². The lowest BCUT2D eigenvalue weighted by Crippen LogP contribution is -2.50. The highest BCUT2D eigenvalue weighted by Gasteiger charge is 2.22. The molecule has 33 heavy (non-hydrogen) atoms. The van der Waals surface area contributed by atoms with Gasteiger partial charge in [-0.1, -0.05) is 19.4 Å². The zero-order valence-corrected chi connectivity index (χ0v) is 19.2. The Hall–Kier alpha value is -3.47. The summed E-state index contributed by atoms with van der Waals surface area (Å²) in [6.45, 7) is 7.54. The lowest BCUT2D eigenvalue weighted by molar-refractivity contribution is -0.129.